The summed E-state index contributed by atoms with van der Waals surface area (Å²) in [6.45, 7) is 2.03. The summed E-state index contributed by atoms with van der Waals surface area (Å²) in [6.07, 6.45) is 2.14. The van der Waals surface area contributed by atoms with Gasteiger partial charge in [0.2, 0.25) is 0 Å². The van der Waals surface area contributed by atoms with Gasteiger partial charge in [-0.1, -0.05) is 0 Å². The molecule has 0 aliphatic carbocycles. The zero-order valence-electron chi connectivity index (χ0n) is 10.3. The van der Waals surface area contributed by atoms with Gasteiger partial charge in [-0.15, -0.1) is 0 Å². The summed E-state index contributed by atoms with van der Waals surface area (Å²) in [5.41, 5.74) is 1.08. The van der Waals surface area contributed by atoms with Crippen molar-refractivity contribution in [3.05, 3.63) is 17.7 Å². The number of nitrogens with one attached hydrogen (secondary N) is 1. The van der Waals surface area contributed by atoms with Crippen LogP contribution >= 0.6 is 0 Å². The third-order valence-electron chi connectivity index (χ3n) is 3.31. The Kier molecular flexibility index (Phi) is 3.74. The smallest absolute Gasteiger partial charge is 0.164 e. The van der Waals surface area contributed by atoms with Crippen LogP contribution in [0.3, 0.4) is 0 Å². The van der Waals surface area contributed by atoms with E-state index in [1.807, 2.05) is 0 Å². The number of rotatable bonds is 3. The summed E-state index contributed by atoms with van der Waals surface area (Å²) in [5.74, 6) is 1.89. The Labute approximate surface area is 102 Å². The van der Waals surface area contributed by atoms with Crippen LogP contribution in [0.2, 0.25) is 0 Å². The molecule has 1 saturated heterocycles. The van der Waals surface area contributed by atoms with Crippen molar-refractivity contribution in [2.45, 2.75) is 18.8 Å². The van der Waals surface area contributed by atoms with E-state index in [9.17, 15) is 5.11 Å². The van der Waals surface area contributed by atoms with Crippen LogP contribution in [-0.4, -0.2) is 32.4 Å². The van der Waals surface area contributed by atoms with Gasteiger partial charge in [0.25, 0.3) is 0 Å². The Hall–Kier alpha value is -1.42. The highest BCUT2D eigenvalue weighted by atomic mass is 16.5. The largest absolute Gasteiger partial charge is 0.504 e. The van der Waals surface area contributed by atoms with Crippen LogP contribution in [0, 0.1) is 0 Å². The van der Waals surface area contributed by atoms with E-state index in [0.29, 0.717) is 11.7 Å². The van der Waals surface area contributed by atoms with Crippen molar-refractivity contribution in [1.82, 2.24) is 5.32 Å². The van der Waals surface area contributed by atoms with E-state index in [4.69, 9.17) is 9.47 Å². The van der Waals surface area contributed by atoms with Gasteiger partial charge in [0.15, 0.2) is 11.5 Å². The summed E-state index contributed by atoms with van der Waals surface area (Å²) >= 11 is 0. The summed E-state index contributed by atoms with van der Waals surface area (Å²) in [6, 6.07) is 3.53. The third-order valence-corrected chi connectivity index (χ3v) is 3.31. The van der Waals surface area contributed by atoms with Gasteiger partial charge in [0.05, 0.1) is 14.2 Å². The molecule has 4 heteroatoms. The molecular formula is C13H19NO3. The molecule has 1 fully saturated rings. The van der Waals surface area contributed by atoms with Crippen LogP contribution in [0.4, 0.5) is 0 Å². The van der Waals surface area contributed by atoms with Gasteiger partial charge in [-0.2, -0.15) is 0 Å². The van der Waals surface area contributed by atoms with Crippen molar-refractivity contribution in [3.8, 4) is 17.2 Å². The fraction of sp³-hybridized carbons (Fsp3) is 0.538. The van der Waals surface area contributed by atoms with E-state index in [1.165, 1.54) is 0 Å². The van der Waals surface area contributed by atoms with E-state index in [1.54, 1.807) is 26.4 Å². The molecule has 0 aromatic heterocycles. The zero-order valence-corrected chi connectivity index (χ0v) is 10.3. The van der Waals surface area contributed by atoms with Crippen molar-refractivity contribution >= 4 is 0 Å². The summed E-state index contributed by atoms with van der Waals surface area (Å²) in [5, 5.41) is 13.2. The molecule has 0 amide bonds. The van der Waals surface area contributed by atoms with Crippen LogP contribution in [0.1, 0.15) is 24.3 Å². The van der Waals surface area contributed by atoms with Crippen LogP contribution in [0.25, 0.3) is 0 Å². The van der Waals surface area contributed by atoms with Crippen LogP contribution in [-0.2, 0) is 0 Å². The summed E-state index contributed by atoms with van der Waals surface area (Å²) < 4.78 is 10.5. The molecular weight excluding hydrogens is 218 g/mol. The van der Waals surface area contributed by atoms with Crippen molar-refractivity contribution in [2.75, 3.05) is 27.3 Å². The predicted octanol–water partition coefficient (Wildman–Crippen LogP) is 1.88. The van der Waals surface area contributed by atoms with Gasteiger partial charge >= 0.3 is 0 Å². The molecule has 1 aromatic carbocycles. The maximum Gasteiger partial charge on any atom is 0.164 e. The molecule has 17 heavy (non-hydrogen) atoms. The normalized spacial score (nSPS) is 16.8. The monoisotopic (exact) mass is 237 g/mol. The fourth-order valence-electron chi connectivity index (χ4n) is 2.36. The fourth-order valence-corrected chi connectivity index (χ4v) is 2.36. The first-order chi connectivity index (χ1) is 8.26. The number of hydrogen-bond donors (Lipinski definition) is 2. The predicted molar refractivity (Wildman–Crippen MR) is 66.1 cm³/mol. The lowest BCUT2D eigenvalue weighted by molar-refractivity contribution is 0.356. The van der Waals surface area contributed by atoms with Crippen LogP contribution in [0.5, 0.6) is 17.2 Å². The molecule has 0 spiro atoms. The zero-order chi connectivity index (χ0) is 12.3. The van der Waals surface area contributed by atoms with Gasteiger partial charge in [-0.25, -0.2) is 0 Å². The quantitative estimate of drug-likeness (QED) is 0.842. The van der Waals surface area contributed by atoms with Gasteiger partial charge in [0, 0.05) is 11.6 Å². The molecule has 4 nitrogen and oxygen atoms in total. The lowest BCUT2D eigenvalue weighted by atomic mass is 9.89. The van der Waals surface area contributed by atoms with Crippen molar-refractivity contribution in [2.24, 2.45) is 0 Å². The van der Waals surface area contributed by atoms with Crippen molar-refractivity contribution in [1.29, 1.82) is 0 Å². The molecule has 1 heterocycles. The number of piperidine rings is 1. The van der Waals surface area contributed by atoms with Crippen molar-refractivity contribution < 1.29 is 14.6 Å². The molecule has 0 saturated carbocycles. The molecule has 1 aliphatic rings. The minimum atomic E-state index is 0.182. The van der Waals surface area contributed by atoms with E-state index >= 15 is 0 Å². The highest BCUT2D eigenvalue weighted by Crippen LogP contribution is 2.39. The minimum Gasteiger partial charge on any atom is -0.504 e. The standard InChI is InChI=1S/C13H19NO3/c1-16-12-8-13(17-2)11(15)7-10(12)9-3-5-14-6-4-9/h7-9,14-15H,3-6H2,1-2H3. The molecule has 0 atom stereocenters. The Balaban J connectivity index is 2.34. The number of aromatic hydroxyl groups is 1. The average Bonchev–Trinajstić information content (AvgIpc) is 2.39. The van der Waals surface area contributed by atoms with E-state index in [-0.39, 0.29) is 5.75 Å². The maximum absolute atomic E-state index is 9.85. The van der Waals surface area contributed by atoms with E-state index in [2.05, 4.69) is 5.32 Å². The molecule has 1 aromatic rings. The molecule has 94 valence electrons. The second-order valence-corrected chi connectivity index (χ2v) is 4.29. The Bertz CT molecular complexity index is 386. The Morgan fingerprint density at radius 1 is 1.12 bits per heavy atom. The molecule has 0 unspecified atom stereocenters. The highest BCUT2D eigenvalue weighted by molar-refractivity contribution is 5.51. The molecule has 2 rings (SSSR count). The first kappa shape index (κ1) is 12.0. The summed E-state index contributed by atoms with van der Waals surface area (Å²) in [4.78, 5) is 0. The molecule has 0 bridgehead atoms. The Morgan fingerprint density at radius 3 is 2.35 bits per heavy atom. The van der Waals surface area contributed by atoms with Gasteiger partial charge in [-0.05, 0) is 37.9 Å². The van der Waals surface area contributed by atoms with Gasteiger partial charge in [0.1, 0.15) is 5.75 Å². The van der Waals surface area contributed by atoms with E-state index in [0.717, 1.165) is 37.2 Å². The number of methoxy groups -OCH3 is 2. The molecule has 0 radical (unpaired) electrons. The number of phenolic OH excluding ortho intramolecular Hbond substituents is 1. The summed E-state index contributed by atoms with van der Waals surface area (Å²) in [7, 11) is 3.19. The number of ether oxygens (including phenoxy) is 2. The topological polar surface area (TPSA) is 50.7 Å². The first-order valence-electron chi connectivity index (χ1n) is 5.92. The maximum atomic E-state index is 9.85. The van der Waals surface area contributed by atoms with Gasteiger partial charge in [-0.3, -0.25) is 0 Å². The third kappa shape index (κ3) is 2.47. The number of hydrogen-bond acceptors (Lipinski definition) is 4. The van der Waals surface area contributed by atoms with Crippen LogP contribution in [0.15, 0.2) is 12.1 Å². The molecule has 2 N–H and O–H groups in total. The first-order valence-corrected chi connectivity index (χ1v) is 5.92. The molecule has 1 aliphatic heterocycles. The lowest BCUT2D eigenvalue weighted by Gasteiger charge is -2.25. The SMILES string of the molecule is COc1cc(OC)c(C2CCNCC2)cc1O. The average molecular weight is 237 g/mol. The highest BCUT2D eigenvalue weighted by Gasteiger charge is 2.21. The van der Waals surface area contributed by atoms with Crippen molar-refractivity contribution in [3.63, 3.8) is 0 Å². The second kappa shape index (κ2) is 5.27. The second-order valence-electron chi connectivity index (χ2n) is 4.29. The Morgan fingerprint density at radius 2 is 1.76 bits per heavy atom. The van der Waals surface area contributed by atoms with Crippen LogP contribution < -0.4 is 14.8 Å². The minimum absolute atomic E-state index is 0.182. The van der Waals surface area contributed by atoms with Gasteiger partial charge < -0.3 is 19.9 Å². The number of benzene rings is 1. The number of phenols is 1. The lowest BCUT2D eigenvalue weighted by Crippen LogP contribution is -2.26. The van der Waals surface area contributed by atoms with E-state index < -0.39 is 0 Å².